The Labute approximate surface area is 177 Å². The maximum atomic E-state index is 12.7. The lowest BCUT2D eigenvalue weighted by molar-refractivity contribution is -0.115. The number of nitrogens with zero attached hydrogens (tertiary/aromatic N) is 2. The molecule has 0 unspecified atom stereocenters. The van der Waals surface area contributed by atoms with Gasteiger partial charge in [0.05, 0.1) is 19.4 Å². The molecule has 1 amide bonds. The number of thioether (sulfide) groups is 1. The van der Waals surface area contributed by atoms with Gasteiger partial charge in [-0.3, -0.25) is 19.1 Å². The number of rotatable bonds is 7. The number of aromatic amines is 1. The molecule has 0 aliphatic heterocycles. The van der Waals surface area contributed by atoms with Gasteiger partial charge in [0.2, 0.25) is 5.91 Å². The number of methoxy groups -OCH3 is 1. The Kier molecular flexibility index (Phi) is 6.63. The van der Waals surface area contributed by atoms with E-state index in [1.54, 1.807) is 19.2 Å². The highest BCUT2D eigenvalue weighted by molar-refractivity contribution is 8.00. The summed E-state index contributed by atoms with van der Waals surface area (Å²) < 4.78 is 6.36. The first kappa shape index (κ1) is 21.3. The standard InChI is InChI=1S/C21H22N4O4S/c1-24(17(26)13-30-16-10-8-15(29-2)9-11-16)18-19(22)25(21(28)23-20(18)27)12-14-6-4-3-5-7-14/h3-11H,12-13,22H2,1-2H3,(H,23,27,28). The van der Waals surface area contributed by atoms with Crippen molar-refractivity contribution in [3.05, 3.63) is 81.0 Å². The van der Waals surface area contributed by atoms with E-state index in [0.717, 1.165) is 16.2 Å². The minimum atomic E-state index is -0.702. The van der Waals surface area contributed by atoms with E-state index in [2.05, 4.69) is 4.98 Å². The van der Waals surface area contributed by atoms with Crippen LogP contribution in [0.1, 0.15) is 5.56 Å². The second-order valence-electron chi connectivity index (χ2n) is 6.48. The number of carbonyl (C=O) groups is 1. The largest absolute Gasteiger partial charge is 0.497 e. The van der Waals surface area contributed by atoms with Gasteiger partial charge in [0.15, 0.2) is 5.69 Å². The van der Waals surface area contributed by atoms with Crippen molar-refractivity contribution in [1.82, 2.24) is 9.55 Å². The minimum Gasteiger partial charge on any atom is -0.497 e. The lowest BCUT2D eigenvalue weighted by atomic mass is 10.2. The van der Waals surface area contributed by atoms with E-state index in [0.29, 0.717) is 0 Å². The highest BCUT2D eigenvalue weighted by atomic mass is 32.2. The molecule has 0 fully saturated rings. The van der Waals surface area contributed by atoms with Gasteiger partial charge in [-0.25, -0.2) is 4.79 Å². The van der Waals surface area contributed by atoms with Crippen molar-refractivity contribution in [3.63, 3.8) is 0 Å². The highest BCUT2D eigenvalue weighted by Crippen LogP contribution is 2.23. The quantitative estimate of drug-likeness (QED) is 0.559. The number of carbonyl (C=O) groups excluding carboxylic acids is 1. The normalized spacial score (nSPS) is 10.6. The zero-order chi connectivity index (χ0) is 21.7. The van der Waals surface area contributed by atoms with Crippen molar-refractivity contribution in [2.24, 2.45) is 0 Å². The molecule has 30 heavy (non-hydrogen) atoms. The maximum absolute atomic E-state index is 12.7. The third-order valence-electron chi connectivity index (χ3n) is 4.53. The Bertz CT molecular complexity index is 1140. The number of benzene rings is 2. The third-order valence-corrected chi connectivity index (χ3v) is 5.53. The summed E-state index contributed by atoms with van der Waals surface area (Å²) in [7, 11) is 3.05. The molecule has 1 aromatic heterocycles. The van der Waals surface area contributed by atoms with E-state index >= 15 is 0 Å². The van der Waals surface area contributed by atoms with Crippen LogP contribution in [-0.2, 0) is 11.3 Å². The second kappa shape index (κ2) is 9.36. The average Bonchev–Trinajstić information content (AvgIpc) is 2.75. The molecule has 8 nitrogen and oxygen atoms in total. The summed E-state index contributed by atoms with van der Waals surface area (Å²) in [6.07, 6.45) is 0. The van der Waals surface area contributed by atoms with E-state index in [4.69, 9.17) is 10.5 Å². The molecular formula is C21H22N4O4S. The summed E-state index contributed by atoms with van der Waals surface area (Å²) in [5.41, 5.74) is 5.60. The molecule has 3 aromatic rings. The van der Waals surface area contributed by atoms with E-state index in [1.165, 1.54) is 28.3 Å². The second-order valence-corrected chi connectivity index (χ2v) is 7.53. The van der Waals surface area contributed by atoms with Crippen LogP contribution in [0, 0.1) is 0 Å². The Balaban J connectivity index is 1.81. The summed E-state index contributed by atoms with van der Waals surface area (Å²) in [4.78, 5) is 41.7. The topological polar surface area (TPSA) is 110 Å². The van der Waals surface area contributed by atoms with Crippen LogP contribution in [0.5, 0.6) is 5.75 Å². The van der Waals surface area contributed by atoms with Crippen LogP contribution in [0.2, 0.25) is 0 Å². The first-order valence-electron chi connectivity index (χ1n) is 9.10. The molecule has 0 radical (unpaired) electrons. The number of nitrogens with two attached hydrogens (primary N) is 1. The highest BCUT2D eigenvalue weighted by Gasteiger charge is 2.21. The number of ether oxygens (including phenoxy) is 1. The van der Waals surface area contributed by atoms with Crippen molar-refractivity contribution in [2.45, 2.75) is 11.4 Å². The van der Waals surface area contributed by atoms with E-state index in [9.17, 15) is 14.4 Å². The van der Waals surface area contributed by atoms with Gasteiger partial charge in [0.25, 0.3) is 5.56 Å². The monoisotopic (exact) mass is 426 g/mol. The number of nitrogen functional groups attached to an aromatic ring is 1. The van der Waals surface area contributed by atoms with Gasteiger partial charge in [0, 0.05) is 11.9 Å². The molecule has 0 atom stereocenters. The molecule has 0 saturated heterocycles. The summed E-state index contributed by atoms with van der Waals surface area (Å²) >= 11 is 1.32. The number of amides is 1. The molecule has 0 spiro atoms. The molecule has 0 saturated carbocycles. The first-order valence-corrected chi connectivity index (χ1v) is 10.1. The lowest BCUT2D eigenvalue weighted by Gasteiger charge is -2.20. The van der Waals surface area contributed by atoms with Crippen LogP contribution in [-0.4, -0.2) is 35.4 Å². The summed E-state index contributed by atoms with van der Waals surface area (Å²) in [5, 5.41) is 0. The molecule has 0 bridgehead atoms. The first-order chi connectivity index (χ1) is 14.4. The van der Waals surface area contributed by atoms with Crippen molar-refractivity contribution < 1.29 is 9.53 Å². The van der Waals surface area contributed by atoms with E-state index in [1.807, 2.05) is 42.5 Å². The Morgan fingerprint density at radius 2 is 1.80 bits per heavy atom. The predicted octanol–water partition coefficient (Wildman–Crippen LogP) is 1.93. The van der Waals surface area contributed by atoms with Crippen LogP contribution in [0.3, 0.4) is 0 Å². The smallest absolute Gasteiger partial charge is 0.330 e. The molecule has 3 rings (SSSR count). The number of anilines is 2. The minimum absolute atomic E-state index is 0.0501. The average molecular weight is 426 g/mol. The van der Waals surface area contributed by atoms with Gasteiger partial charge in [-0.1, -0.05) is 30.3 Å². The fraction of sp³-hybridized carbons (Fsp3) is 0.190. The van der Waals surface area contributed by atoms with Crippen LogP contribution in [0.25, 0.3) is 0 Å². The van der Waals surface area contributed by atoms with Crippen LogP contribution in [0.15, 0.2) is 69.1 Å². The molecule has 0 aliphatic rings. The third kappa shape index (κ3) is 4.74. The van der Waals surface area contributed by atoms with Crippen LogP contribution >= 0.6 is 11.8 Å². The van der Waals surface area contributed by atoms with Crippen molar-refractivity contribution in [1.29, 1.82) is 0 Å². The molecule has 3 N–H and O–H groups in total. The zero-order valence-electron chi connectivity index (χ0n) is 16.6. The van der Waals surface area contributed by atoms with Gasteiger partial charge in [-0.2, -0.15) is 0 Å². The molecule has 156 valence electrons. The summed E-state index contributed by atoms with van der Waals surface area (Å²) in [6, 6.07) is 16.5. The Morgan fingerprint density at radius 3 is 2.43 bits per heavy atom. The Hall–Kier alpha value is -3.46. The fourth-order valence-electron chi connectivity index (χ4n) is 2.86. The lowest BCUT2D eigenvalue weighted by Crippen LogP contribution is -2.40. The molecule has 2 aromatic carbocycles. The van der Waals surface area contributed by atoms with Gasteiger partial charge in [-0.15, -0.1) is 11.8 Å². The number of hydrogen-bond donors (Lipinski definition) is 2. The van der Waals surface area contributed by atoms with Crippen LogP contribution < -0.4 is 26.6 Å². The fourth-order valence-corrected chi connectivity index (χ4v) is 3.68. The summed E-state index contributed by atoms with van der Waals surface area (Å²) in [5.74, 6) is 0.443. The van der Waals surface area contributed by atoms with Gasteiger partial charge < -0.3 is 15.4 Å². The van der Waals surface area contributed by atoms with Crippen molar-refractivity contribution in [3.8, 4) is 5.75 Å². The Morgan fingerprint density at radius 1 is 1.13 bits per heavy atom. The van der Waals surface area contributed by atoms with Crippen molar-refractivity contribution >= 4 is 29.2 Å². The van der Waals surface area contributed by atoms with Gasteiger partial charge >= 0.3 is 5.69 Å². The van der Waals surface area contributed by atoms with E-state index < -0.39 is 11.2 Å². The van der Waals surface area contributed by atoms with Crippen molar-refractivity contribution in [2.75, 3.05) is 30.5 Å². The predicted molar refractivity (Wildman–Crippen MR) is 118 cm³/mol. The molecule has 0 aliphatic carbocycles. The van der Waals surface area contributed by atoms with Crippen LogP contribution in [0.4, 0.5) is 11.5 Å². The van der Waals surface area contributed by atoms with E-state index in [-0.39, 0.29) is 29.7 Å². The molecular weight excluding hydrogens is 404 g/mol. The summed E-state index contributed by atoms with van der Waals surface area (Å²) in [6.45, 7) is 0.178. The molecule has 9 heteroatoms. The maximum Gasteiger partial charge on any atom is 0.330 e. The SMILES string of the molecule is COc1ccc(SCC(=O)N(C)c2c(N)n(Cc3ccccc3)c(=O)[nH]c2=O)cc1. The number of H-pyrrole nitrogens is 1. The number of nitrogens with one attached hydrogen (secondary N) is 1. The molecule has 1 heterocycles. The number of aromatic nitrogens is 2. The van der Waals surface area contributed by atoms with Gasteiger partial charge in [-0.05, 0) is 29.8 Å². The van der Waals surface area contributed by atoms with Gasteiger partial charge in [0.1, 0.15) is 11.6 Å². The zero-order valence-corrected chi connectivity index (χ0v) is 17.4. The number of hydrogen-bond acceptors (Lipinski definition) is 6.